The van der Waals surface area contributed by atoms with Crippen LogP contribution in [0.4, 0.5) is 5.13 Å². The summed E-state index contributed by atoms with van der Waals surface area (Å²) in [5.41, 5.74) is 3.90. The summed E-state index contributed by atoms with van der Waals surface area (Å²) in [5, 5.41) is 8.12. The molecule has 2 aliphatic heterocycles. The molecular formula is C22H23N5O2S. The number of fused-ring (bicyclic) bond motifs is 1. The molecule has 1 amide bonds. The standard InChI is InChI=1S/C22H23N5O2S/c1-22(2)10-17-19(20(28)25-22)30-21(24-17)27-8-9-29-18(13-27)16-7-5-4-6-15(16)14-11-23-26(3)12-14/h4,6,8-9,11-13H,5,7,10H2,1-3H3,(H,25,28). The van der Waals surface area contributed by atoms with Crippen LogP contribution in [-0.2, 0) is 18.2 Å². The number of ether oxygens (including phenoxy) is 1. The van der Waals surface area contributed by atoms with Gasteiger partial charge in [-0.25, -0.2) is 4.98 Å². The number of aryl methyl sites for hydroxylation is 1. The van der Waals surface area contributed by atoms with Crippen LogP contribution in [0.15, 0.2) is 54.5 Å². The Labute approximate surface area is 179 Å². The van der Waals surface area contributed by atoms with Crippen LogP contribution in [-0.4, -0.2) is 26.2 Å². The van der Waals surface area contributed by atoms with Crippen molar-refractivity contribution in [3.05, 3.63) is 70.7 Å². The van der Waals surface area contributed by atoms with E-state index < -0.39 is 0 Å². The van der Waals surface area contributed by atoms with Crippen molar-refractivity contribution in [3.63, 3.8) is 0 Å². The molecule has 2 aromatic heterocycles. The maximum Gasteiger partial charge on any atom is 0.263 e. The second kappa shape index (κ2) is 6.98. The van der Waals surface area contributed by atoms with Crippen LogP contribution in [0.25, 0.3) is 5.57 Å². The number of nitrogens with one attached hydrogen (secondary N) is 1. The second-order valence-electron chi connectivity index (χ2n) is 8.33. The highest BCUT2D eigenvalue weighted by molar-refractivity contribution is 7.17. The molecule has 1 N–H and O–H groups in total. The highest BCUT2D eigenvalue weighted by Crippen LogP contribution is 2.37. The van der Waals surface area contributed by atoms with Gasteiger partial charge in [-0.15, -0.1) is 0 Å². The van der Waals surface area contributed by atoms with Crippen molar-refractivity contribution in [2.75, 3.05) is 4.90 Å². The summed E-state index contributed by atoms with van der Waals surface area (Å²) in [7, 11) is 1.92. The summed E-state index contributed by atoms with van der Waals surface area (Å²) >= 11 is 1.41. The minimum absolute atomic E-state index is 0.0505. The van der Waals surface area contributed by atoms with Gasteiger partial charge in [-0.3, -0.25) is 14.4 Å². The van der Waals surface area contributed by atoms with Crippen LogP contribution >= 0.6 is 11.3 Å². The lowest BCUT2D eigenvalue weighted by atomic mass is 9.92. The Kier molecular flexibility index (Phi) is 4.39. The Morgan fingerprint density at radius 3 is 3.00 bits per heavy atom. The number of carbonyl (C=O) groups is 1. The lowest BCUT2D eigenvalue weighted by Gasteiger charge is -2.29. The van der Waals surface area contributed by atoms with Crippen molar-refractivity contribution in [2.45, 2.75) is 38.6 Å². The summed E-state index contributed by atoms with van der Waals surface area (Å²) in [6.45, 7) is 4.03. The van der Waals surface area contributed by atoms with Gasteiger partial charge in [-0.2, -0.15) is 5.10 Å². The molecule has 7 nitrogen and oxygen atoms in total. The van der Waals surface area contributed by atoms with Gasteiger partial charge in [0, 0.05) is 42.5 Å². The van der Waals surface area contributed by atoms with E-state index in [1.54, 1.807) is 10.9 Å². The van der Waals surface area contributed by atoms with E-state index in [0.29, 0.717) is 4.88 Å². The zero-order valence-corrected chi connectivity index (χ0v) is 18.0. The van der Waals surface area contributed by atoms with Gasteiger partial charge in [0.25, 0.3) is 5.91 Å². The van der Waals surface area contributed by atoms with Crippen LogP contribution in [0, 0.1) is 0 Å². The highest BCUT2D eigenvalue weighted by atomic mass is 32.1. The summed E-state index contributed by atoms with van der Waals surface area (Å²) in [6, 6.07) is 0. The molecule has 5 rings (SSSR count). The number of carbonyl (C=O) groups excluding carboxylic acids is 1. The van der Waals surface area contributed by atoms with E-state index in [1.807, 2.05) is 50.6 Å². The maximum absolute atomic E-state index is 12.5. The molecule has 0 aromatic carbocycles. The van der Waals surface area contributed by atoms with Gasteiger partial charge in [0.05, 0.1) is 18.1 Å². The van der Waals surface area contributed by atoms with Crippen LogP contribution in [0.3, 0.4) is 0 Å². The third kappa shape index (κ3) is 3.37. The number of amides is 1. The molecule has 0 bridgehead atoms. The molecule has 8 heteroatoms. The lowest BCUT2D eigenvalue weighted by molar-refractivity contribution is 0.0901. The summed E-state index contributed by atoms with van der Waals surface area (Å²) in [5.74, 6) is 0.740. The Bertz CT molecular complexity index is 1150. The van der Waals surface area contributed by atoms with E-state index in [2.05, 4.69) is 22.6 Å². The zero-order chi connectivity index (χ0) is 20.9. The average molecular weight is 422 g/mol. The lowest BCUT2D eigenvalue weighted by Crippen LogP contribution is -2.48. The Morgan fingerprint density at radius 2 is 2.20 bits per heavy atom. The third-order valence-electron chi connectivity index (χ3n) is 5.33. The van der Waals surface area contributed by atoms with Crippen molar-refractivity contribution in [1.82, 2.24) is 20.1 Å². The number of rotatable bonds is 3. The van der Waals surface area contributed by atoms with E-state index in [4.69, 9.17) is 9.72 Å². The average Bonchev–Trinajstić information content (AvgIpc) is 3.34. The van der Waals surface area contributed by atoms with E-state index in [0.717, 1.165) is 52.6 Å². The van der Waals surface area contributed by atoms with Crippen molar-refractivity contribution >= 4 is 27.9 Å². The normalized spacial score (nSPS) is 20.0. The summed E-state index contributed by atoms with van der Waals surface area (Å²) < 4.78 is 7.70. The number of hydrogen-bond donors (Lipinski definition) is 1. The van der Waals surface area contributed by atoms with Gasteiger partial charge >= 0.3 is 0 Å². The van der Waals surface area contributed by atoms with Gasteiger partial charge in [-0.1, -0.05) is 23.5 Å². The van der Waals surface area contributed by atoms with Crippen molar-refractivity contribution < 1.29 is 9.53 Å². The molecule has 1 aliphatic carbocycles. The van der Waals surface area contributed by atoms with Crippen LogP contribution < -0.4 is 10.2 Å². The first-order chi connectivity index (χ1) is 14.4. The van der Waals surface area contributed by atoms with Gasteiger partial charge in [0.15, 0.2) is 5.13 Å². The first-order valence-electron chi connectivity index (χ1n) is 9.94. The number of thiazole rings is 1. The predicted molar refractivity (Wildman–Crippen MR) is 117 cm³/mol. The highest BCUT2D eigenvalue weighted by Gasteiger charge is 2.34. The Balaban J connectivity index is 1.51. The fourth-order valence-electron chi connectivity index (χ4n) is 3.96. The van der Waals surface area contributed by atoms with E-state index in [1.165, 1.54) is 11.3 Å². The number of hydrogen-bond acceptors (Lipinski definition) is 6. The maximum atomic E-state index is 12.5. The molecule has 154 valence electrons. The predicted octanol–water partition coefficient (Wildman–Crippen LogP) is 3.89. The summed E-state index contributed by atoms with van der Waals surface area (Å²) in [6.07, 6.45) is 16.2. The molecule has 4 heterocycles. The van der Waals surface area contributed by atoms with Gasteiger partial charge in [0.1, 0.15) is 16.9 Å². The molecule has 0 fully saturated rings. The largest absolute Gasteiger partial charge is 0.462 e. The Hall–Kier alpha value is -3.13. The van der Waals surface area contributed by atoms with Gasteiger partial charge < -0.3 is 10.1 Å². The van der Waals surface area contributed by atoms with E-state index in [-0.39, 0.29) is 11.4 Å². The van der Waals surface area contributed by atoms with Crippen molar-refractivity contribution in [2.24, 2.45) is 7.05 Å². The zero-order valence-electron chi connectivity index (χ0n) is 17.2. The summed E-state index contributed by atoms with van der Waals surface area (Å²) in [4.78, 5) is 19.9. The molecule has 0 spiro atoms. The monoisotopic (exact) mass is 421 g/mol. The molecular weight excluding hydrogens is 398 g/mol. The third-order valence-corrected chi connectivity index (χ3v) is 6.44. The van der Waals surface area contributed by atoms with E-state index in [9.17, 15) is 4.79 Å². The molecule has 0 radical (unpaired) electrons. The first-order valence-corrected chi connectivity index (χ1v) is 10.8. The fourth-order valence-corrected chi connectivity index (χ4v) is 4.90. The SMILES string of the molecule is Cn1cc(C2=C(C3=CN(c4nc5c(s4)C(=O)NC(C)(C)C5)C=CO3)CCC=C2)cn1. The molecule has 3 aliphatic rings. The van der Waals surface area contributed by atoms with Crippen LogP contribution in [0.1, 0.15) is 47.6 Å². The van der Waals surface area contributed by atoms with Gasteiger partial charge in [0.2, 0.25) is 0 Å². The quantitative estimate of drug-likeness (QED) is 0.814. The molecule has 0 unspecified atom stereocenters. The second-order valence-corrected chi connectivity index (χ2v) is 9.30. The molecule has 0 saturated carbocycles. The number of nitrogens with zero attached hydrogens (tertiary/aromatic N) is 4. The molecule has 0 saturated heterocycles. The minimum Gasteiger partial charge on any atom is -0.462 e. The Morgan fingerprint density at radius 1 is 1.33 bits per heavy atom. The van der Waals surface area contributed by atoms with Crippen LogP contribution in [0.2, 0.25) is 0 Å². The number of aromatic nitrogens is 3. The molecule has 30 heavy (non-hydrogen) atoms. The van der Waals surface area contributed by atoms with Gasteiger partial charge in [-0.05, 0) is 32.3 Å². The fraction of sp³-hybridized carbons (Fsp3) is 0.318. The minimum atomic E-state index is -0.283. The topological polar surface area (TPSA) is 72.3 Å². The van der Waals surface area contributed by atoms with Crippen molar-refractivity contribution in [1.29, 1.82) is 0 Å². The molecule has 2 aromatic rings. The first kappa shape index (κ1) is 18.9. The molecule has 0 atom stereocenters. The van der Waals surface area contributed by atoms with E-state index >= 15 is 0 Å². The van der Waals surface area contributed by atoms with Crippen LogP contribution in [0.5, 0.6) is 0 Å². The number of anilines is 1. The number of allylic oxidation sites excluding steroid dienone is 4. The van der Waals surface area contributed by atoms with Crippen molar-refractivity contribution in [3.8, 4) is 0 Å². The smallest absolute Gasteiger partial charge is 0.263 e.